The number of nitrogens with one attached hydrogen (secondary N) is 2. The van der Waals surface area contributed by atoms with Gasteiger partial charge in [0.2, 0.25) is 5.91 Å². The Kier molecular flexibility index (Phi) is 5.46. The first kappa shape index (κ1) is 15.8. The van der Waals surface area contributed by atoms with Crippen LogP contribution in [0.1, 0.15) is 55.0 Å². The highest BCUT2D eigenvalue weighted by molar-refractivity contribution is 5.75. The quantitative estimate of drug-likeness (QED) is 0.770. The summed E-state index contributed by atoms with van der Waals surface area (Å²) in [5.74, 6) is 0.541. The van der Waals surface area contributed by atoms with Crippen LogP contribution < -0.4 is 5.32 Å². The lowest BCUT2D eigenvalue weighted by Crippen LogP contribution is -2.29. The van der Waals surface area contributed by atoms with E-state index in [2.05, 4.69) is 39.6 Å². The molecule has 1 unspecified atom stereocenters. The normalized spacial score (nSPS) is 16.8. The Labute approximate surface area is 137 Å². The predicted molar refractivity (Wildman–Crippen MR) is 91.3 cm³/mol. The van der Waals surface area contributed by atoms with Gasteiger partial charge in [0.15, 0.2) is 0 Å². The van der Waals surface area contributed by atoms with Gasteiger partial charge in [0.25, 0.3) is 0 Å². The molecule has 2 N–H and O–H groups in total. The molecule has 1 amide bonds. The van der Waals surface area contributed by atoms with Crippen molar-refractivity contribution in [2.45, 2.75) is 50.9 Å². The van der Waals surface area contributed by atoms with Crippen LogP contribution in [0.3, 0.4) is 0 Å². The average molecular weight is 311 g/mol. The predicted octanol–water partition coefficient (Wildman–Crippen LogP) is 3.36. The lowest BCUT2D eigenvalue weighted by atomic mass is 9.90. The fraction of sp³-hybridized carbons (Fsp3) is 0.474. The zero-order valence-electron chi connectivity index (χ0n) is 13.6. The Morgan fingerprint density at radius 3 is 3.00 bits per heavy atom. The van der Waals surface area contributed by atoms with E-state index in [4.69, 9.17) is 0 Å². The first-order valence-electron chi connectivity index (χ1n) is 8.65. The molecule has 0 aliphatic heterocycles. The molecule has 0 spiro atoms. The molecular weight excluding hydrogens is 286 g/mol. The van der Waals surface area contributed by atoms with Crippen LogP contribution in [0.25, 0.3) is 0 Å². The second-order valence-electron chi connectivity index (χ2n) is 6.35. The Bertz CT molecular complexity index is 621. The number of amides is 1. The van der Waals surface area contributed by atoms with Crippen LogP contribution in [0, 0.1) is 0 Å². The van der Waals surface area contributed by atoms with E-state index in [-0.39, 0.29) is 5.91 Å². The van der Waals surface area contributed by atoms with Gasteiger partial charge < -0.3 is 10.3 Å². The second-order valence-corrected chi connectivity index (χ2v) is 6.35. The number of aromatic nitrogens is 2. The summed E-state index contributed by atoms with van der Waals surface area (Å²) >= 11 is 0. The number of nitrogens with zero attached hydrogens (tertiary/aromatic N) is 1. The molecule has 23 heavy (non-hydrogen) atoms. The lowest BCUT2D eigenvalue weighted by molar-refractivity contribution is -0.121. The Balaban J connectivity index is 1.34. The Morgan fingerprint density at radius 1 is 1.26 bits per heavy atom. The van der Waals surface area contributed by atoms with Crippen molar-refractivity contribution in [2.24, 2.45) is 0 Å². The molecule has 0 saturated carbocycles. The highest BCUT2D eigenvalue weighted by Gasteiger charge is 2.22. The van der Waals surface area contributed by atoms with Crippen molar-refractivity contribution >= 4 is 5.91 Å². The van der Waals surface area contributed by atoms with Gasteiger partial charge in [-0.05, 0) is 44.1 Å². The number of hydrogen-bond donors (Lipinski definition) is 2. The summed E-state index contributed by atoms with van der Waals surface area (Å²) in [5.41, 5.74) is 3.75. The number of H-pyrrole nitrogens is 1. The molecule has 1 heterocycles. The minimum absolute atomic E-state index is 0.167. The minimum Gasteiger partial charge on any atom is -0.355 e. The van der Waals surface area contributed by atoms with Gasteiger partial charge in [0.05, 0.1) is 12.0 Å². The van der Waals surface area contributed by atoms with E-state index in [0.717, 1.165) is 44.3 Å². The number of imidazole rings is 1. The van der Waals surface area contributed by atoms with E-state index in [1.807, 2.05) is 6.07 Å². The number of carbonyl (C=O) groups is 1. The van der Waals surface area contributed by atoms with Gasteiger partial charge in [-0.25, -0.2) is 4.98 Å². The van der Waals surface area contributed by atoms with E-state index in [0.29, 0.717) is 12.3 Å². The number of hydrogen-bond acceptors (Lipinski definition) is 2. The number of benzene rings is 1. The number of aromatic amines is 1. The van der Waals surface area contributed by atoms with Gasteiger partial charge in [0, 0.05) is 24.6 Å². The molecular formula is C19H25N3O. The zero-order chi connectivity index (χ0) is 15.9. The molecule has 0 radical (unpaired) electrons. The molecule has 1 aliphatic rings. The van der Waals surface area contributed by atoms with Gasteiger partial charge >= 0.3 is 0 Å². The number of rotatable bonds is 7. The summed E-state index contributed by atoms with van der Waals surface area (Å²) in [6.07, 6.45) is 8.82. The first-order valence-corrected chi connectivity index (χ1v) is 8.65. The maximum Gasteiger partial charge on any atom is 0.220 e. The van der Waals surface area contributed by atoms with E-state index in [1.165, 1.54) is 17.7 Å². The van der Waals surface area contributed by atoms with Crippen molar-refractivity contribution in [1.82, 2.24) is 15.3 Å². The molecule has 1 aromatic carbocycles. The summed E-state index contributed by atoms with van der Waals surface area (Å²) in [6, 6.07) is 10.5. The maximum atomic E-state index is 12.0. The van der Waals surface area contributed by atoms with Gasteiger partial charge in [0.1, 0.15) is 0 Å². The molecule has 1 atom stereocenters. The SMILES string of the molecule is O=C(CCCCc1ccccc1)NCC1CCCc2[nH]cnc21. The topological polar surface area (TPSA) is 57.8 Å². The fourth-order valence-corrected chi connectivity index (χ4v) is 3.33. The monoisotopic (exact) mass is 311 g/mol. The van der Waals surface area contributed by atoms with Crippen LogP contribution >= 0.6 is 0 Å². The van der Waals surface area contributed by atoms with Crippen molar-refractivity contribution in [3.05, 3.63) is 53.6 Å². The van der Waals surface area contributed by atoms with Crippen LogP contribution in [-0.4, -0.2) is 22.4 Å². The van der Waals surface area contributed by atoms with Crippen molar-refractivity contribution in [1.29, 1.82) is 0 Å². The smallest absolute Gasteiger partial charge is 0.220 e. The van der Waals surface area contributed by atoms with Crippen LogP contribution in [0.4, 0.5) is 0 Å². The van der Waals surface area contributed by atoms with Crippen molar-refractivity contribution in [3.63, 3.8) is 0 Å². The van der Waals surface area contributed by atoms with Gasteiger partial charge in [-0.1, -0.05) is 30.3 Å². The maximum absolute atomic E-state index is 12.0. The Hall–Kier alpha value is -2.10. The van der Waals surface area contributed by atoms with Gasteiger partial charge in [-0.15, -0.1) is 0 Å². The summed E-state index contributed by atoms with van der Waals surface area (Å²) in [6.45, 7) is 0.718. The molecule has 2 aromatic rings. The van der Waals surface area contributed by atoms with Crippen molar-refractivity contribution in [2.75, 3.05) is 6.54 Å². The molecule has 0 saturated heterocycles. The average Bonchev–Trinajstić information content (AvgIpc) is 3.07. The molecule has 1 aliphatic carbocycles. The summed E-state index contributed by atoms with van der Waals surface area (Å²) in [5, 5.41) is 3.09. The first-order chi connectivity index (χ1) is 11.3. The molecule has 0 bridgehead atoms. The van der Waals surface area contributed by atoms with Crippen LogP contribution in [0.15, 0.2) is 36.7 Å². The van der Waals surface area contributed by atoms with E-state index >= 15 is 0 Å². The molecule has 122 valence electrons. The fourth-order valence-electron chi connectivity index (χ4n) is 3.33. The third-order valence-corrected chi connectivity index (χ3v) is 4.63. The molecule has 0 fully saturated rings. The van der Waals surface area contributed by atoms with Gasteiger partial charge in [-0.3, -0.25) is 4.79 Å². The van der Waals surface area contributed by atoms with Gasteiger partial charge in [-0.2, -0.15) is 0 Å². The zero-order valence-corrected chi connectivity index (χ0v) is 13.6. The minimum atomic E-state index is 0.167. The van der Waals surface area contributed by atoms with Crippen molar-refractivity contribution in [3.8, 4) is 0 Å². The highest BCUT2D eigenvalue weighted by Crippen LogP contribution is 2.28. The molecule has 4 nitrogen and oxygen atoms in total. The number of fused-ring (bicyclic) bond motifs is 1. The standard InChI is InChI=1S/C19H25N3O/c23-18(12-5-4-9-15-7-2-1-3-8-15)20-13-16-10-6-11-17-19(16)22-14-21-17/h1-3,7-8,14,16H,4-6,9-13H2,(H,20,23)(H,21,22). The largest absolute Gasteiger partial charge is 0.355 e. The molecule has 4 heteroatoms. The number of aryl methyl sites for hydroxylation is 2. The summed E-state index contributed by atoms with van der Waals surface area (Å²) < 4.78 is 0. The third-order valence-electron chi connectivity index (χ3n) is 4.63. The second kappa shape index (κ2) is 7.95. The number of carbonyl (C=O) groups excluding carboxylic acids is 1. The number of unbranched alkanes of at least 4 members (excludes halogenated alkanes) is 1. The Morgan fingerprint density at radius 2 is 2.13 bits per heavy atom. The van der Waals surface area contributed by atoms with E-state index < -0.39 is 0 Å². The summed E-state index contributed by atoms with van der Waals surface area (Å²) in [7, 11) is 0. The third kappa shape index (κ3) is 4.44. The van der Waals surface area contributed by atoms with E-state index in [9.17, 15) is 4.79 Å². The van der Waals surface area contributed by atoms with Crippen LogP contribution in [0.5, 0.6) is 0 Å². The van der Waals surface area contributed by atoms with E-state index in [1.54, 1.807) is 6.33 Å². The molecule has 3 rings (SSSR count). The summed E-state index contributed by atoms with van der Waals surface area (Å²) in [4.78, 5) is 19.6. The highest BCUT2D eigenvalue weighted by atomic mass is 16.1. The van der Waals surface area contributed by atoms with Crippen LogP contribution in [-0.2, 0) is 17.6 Å². The van der Waals surface area contributed by atoms with Crippen LogP contribution in [0.2, 0.25) is 0 Å². The molecule has 1 aromatic heterocycles. The lowest BCUT2D eigenvalue weighted by Gasteiger charge is -2.21. The van der Waals surface area contributed by atoms with Crippen molar-refractivity contribution < 1.29 is 4.79 Å².